The summed E-state index contributed by atoms with van der Waals surface area (Å²) in [5.41, 5.74) is 0.546. The van der Waals surface area contributed by atoms with Gasteiger partial charge in [-0.2, -0.15) is 9.61 Å². The van der Waals surface area contributed by atoms with Crippen LogP contribution in [0.25, 0.3) is 5.78 Å². The smallest absolute Gasteiger partial charge is 0.335 e. The van der Waals surface area contributed by atoms with E-state index >= 15 is 0 Å². The van der Waals surface area contributed by atoms with Crippen molar-refractivity contribution in [3.8, 4) is 0 Å². The van der Waals surface area contributed by atoms with E-state index in [4.69, 9.17) is 5.11 Å². The lowest BCUT2D eigenvalue weighted by Gasteiger charge is -2.18. The third-order valence-electron chi connectivity index (χ3n) is 3.64. The van der Waals surface area contributed by atoms with Crippen molar-refractivity contribution in [1.29, 1.82) is 0 Å². The summed E-state index contributed by atoms with van der Waals surface area (Å²) in [5, 5.41) is 21.2. The predicted molar refractivity (Wildman–Crippen MR) is 86.2 cm³/mol. The van der Waals surface area contributed by atoms with E-state index < -0.39 is 11.4 Å². The first kappa shape index (κ1) is 15.9. The summed E-state index contributed by atoms with van der Waals surface area (Å²) in [5.74, 6) is -0.698. The predicted octanol–water partition coefficient (Wildman–Crippen LogP) is 1.33. The molecule has 0 saturated carbocycles. The van der Waals surface area contributed by atoms with Gasteiger partial charge in [-0.05, 0) is 17.7 Å². The van der Waals surface area contributed by atoms with Gasteiger partial charge >= 0.3 is 5.97 Å². The van der Waals surface area contributed by atoms with Gasteiger partial charge in [0.25, 0.3) is 11.3 Å². The number of aromatic carboxylic acids is 1. The Bertz CT molecular complexity index is 981. The number of benzene rings is 1. The van der Waals surface area contributed by atoms with Gasteiger partial charge < -0.3 is 5.11 Å². The molecular formula is C16H17N5O3. The molecule has 0 atom stereocenters. The third-order valence-corrected chi connectivity index (χ3v) is 3.64. The largest absolute Gasteiger partial charge is 0.478 e. The van der Waals surface area contributed by atoms with Gasteiger partial charge in [-0.3, -0.25) is 9.36 Å². The maximum absolute atomic E-state index is 12.9. The molecule has 0 amide bonds. The number of fused-ring (bicyclic) bond motifs is 1. The van der Waals surface area contributed by atoms with Gasteiger partial charge in [0.05, 0.1) is 12.1 Å². The van der Waals surface area contributed by atoms with Crippen LogP contribution in [0.5, 0.6) is 0 Å². The number of hydrogen-bond acceptors (Lipinski definition) is 5. The molecule has 1 N–H and O–H groups in total. The van der Waals surface area contributed by atoms with Crippen LogP contribution < -0.4 is 5.56 Å². The first-order valence-electron chi connectivity index (χ1n) is 7.41. The lowest BCUT2D eigenvalue weighted by Crippen LogP contribution is -2.34. The minimum atomic E-state index is -1.01. The maximum atomic E-state index is 12.9. The highest BCUT2D eigenvalue weighted by atomic mass is 16.4. The Morgan fingerprint density at radius 1 is 1.29 bits per heavy atom. The molecule has 0 unspecified atom stereocenters. The normalized spacial score (nSPS) is 11.8. The molecule has 0 radical (unpaired) electrons. The maximum Gasteiger partial charge on any atom is 0.335 e. The Balaban J connectivity index is 2.17. The number of hydrogen-bond donors (Lipinski definition) is 1. The minimum absolute atomic E-state index is 0.170. The molecule has 3 aromatic rings. The van der Waals surface area contributed by atoms with Crippen molar-refractivity contribution in [3.05, 3.63) is 57.8 Å². The fourth-order valence-corrected chi connectivity index (χ4v) is 2.44. The molecule has 3 rings (SSSR count). The molecule has 24 heavy (non-hydrogen) atoms. The van der Waals surface area contributed by atoms with Crippen LogP contribution in [0.3, 0.4) is 0 Å². The van der Waals surface area contributed by atoms with E-state index in [0.29, 0.717) is 17.0 Å². The van der Waals surface area contributed by atoms with Crippen LogP contribution >= 0.6 is 0 Å². The summed E-state index contributed by atoms with van der Waals surface area (Å²) in [7, 11) is 0. The molecule has 1 aromatic carbocycles. The molecule has 0 aliphatic carbocycles. The quantitative estimate of drug-likeness (QED) is 0.778. The molecule has 124 valence electrons. The van der Waals surface area contributed by atoms with Crippen LogP contribution in [-0.2, 0) is 12.0 Å². The highest BCUT2D eigenvalue weighted by molar-refractivity contribution is 5.87. The first-order chi connectivity index (χ1) is 11.3. The zero-order valence-electron chi connectivity index (χ0n) is 13.6. The van der Waals surface area contributed by atoms with Crippen molar-refractivity contribution in [2.45, 2.75) is 32.7 Å². The van der Waals surface area contributed by atoms with E-state index in [1.807, 2.05) is 20.8 Å². The fraction of sp³-hybridized carbons (Fsp3) is 0.312. The number of carboxylic acid groups (broad SMARTS) is 1. The van der Waals surface area contributed by atoms with Gasteiger partial charge in [0.15, 0.2) is 0 Å². The number of carboxylic acids is 1. The molecule has 0 saturated heterocycles. The average Bonchev–Trinajstić information content (AvgIpc) is 2.97. The fourth-order valence-electron chi connectivity index (χ4n) is 2.44. The summed E-state index contributed by atoms with van der Waals surface area (Å²) in [6.45, 7) is 5.90. The Morgan fingerprint density at radius 3 is 2.71 bits per heavy atom. The van der Waals surface area contributed by atoms with Crippen molar-refractivity contribution in [2.75, 3.05) is 0 Å². The third kappa shape index (κ3) is 2.78. The summed E-state index contributed by atoms with van der Waals surface area (Å²) in [4.78, 5) is 24.0. The standard InChI is InChI=1S/C16H17N5O3/c1-16(2,3)12-13(22)20(15-18-17-9-21(15)19-12)8-10-5-4-6-11(7-10)14(23)24/h4-7,9H,8H2,1-3H3,(H,23,24). The molecule has 0 aliphatic rings. The van der Waals surface area contributed by atoms with Gasteiger partial charge in [0.2, 0.25) is 0 Å². The van der Waals surface area contributed by atoms with Crippen molar-refractivity contribution in [3.63, 3.8) is 0 Å². The van der Waals surface area contributed by atoms with Crippen LogP contribution in [0.15, 0.2) is 35.4 Å². The summed E-state index contributed by atoms with van der Waals surface area (Å²) >= 11 is 0. The molecular weight excluding hydrogens is 310 g/mol. The van der Waals surface area contributed by atoms with E-state index in [1.165, 1.54) is 21.5 Å². The molecule has 0 aliphatic heterocycles. The van der Waals surface area contributed by atoms with Gasteiger partial charge in [-0.1, -0.05) is 32.9 Å². The summed E-state index contributed by atoms with van der Waals surface area (Å²) < 4.78 is 2.92. The second-order valence-electron chi connectivity index (χ2n) is 6.57. The zero-order valence-corrected chi connectivity index (χ0v) is 13.6. The van der Waals surface area contributed by atoms with Crippen LogP contribution in [0, 0.1) is 0 Å². The summed E-state index contributed by atoms with van der Waals surface area (Å²) in [6.07, 6.45) is 1.44. The topological polar surface area (TPSA) is 102 Å². The Hall–Kier alpha value is -3.03. The number of carbonyl (C=O) groups is 1. The molecule has 0 fully saturated rings. The van der Waals surface area contributed by atoms with E-state index in [0.717, 1.165) is 0 Å². The SMILES string of the molecule is CC(C)(C)c1nn2cnnc2n(Cc2cccc(C(=O)O)c2)c1=O. The van der Waals surface area contributed by atoms with Gasteiger partial charge in [-0.25, -0.2) is 4.79 Å². The highest BCUT2D eigenvalue weighted by Gasteiger charge is 2.24. The molecule has 0 bridgehead atoms. The van der Waals surface area contributed by atoms with E-state index in [2.05, 4.69) is 15.3 Å². The molecule has 2 aromatic heterocycles. The van der Waals surface area contributed by atoms with Gasteiger partial charge in [0.1, 0.15) is 12.0 Å². The highest BCUT2D eigenvalue weighted by Crippen LogP contribution is 2.17. The van der Waals surface area contributed by atoms with E-state index in [1.54, 1.807) is 18.2 Å². The van der Waals surface area contributed by atoms with E-state index in [9.17, 15) is 9.59 Å². The minimum Gasteiger partial charge on any atom is -0.478 e. The van der Waals surface area contributed by atoms with Crippen LogP contribution in [-0.4, -0.2) is 35.5 Å². The van der Waals surface area contributed by atoms with Crippen molar-refractivity contribution in [2.24, 2.45) is 0 Å². The van der Waals surface area contributed by atoms with Crippen LogP contribution in [0.4, 0.5) is 0 Å². The molecule has 2 heterocycles. The van der Waals surface area contributed by atoms with Crippen molar-refractivity contribution < 1.29 is 9.90 Å². The summed E-state index contributed by atoms with van der Waals surface area (Å²) in [6, 6.07) is 6.47. The Labute approximate surface area is 137 Å². The lowest BCUT2D eigenvalue weighted by molar-refractivity contribution is 0.0696. The molecule has 8 heteroatoms. The molecule has 8 nitrogen and oxygen atoms in total. The second kappa shape index (κ2) is 5.55. The lowest BCUT2D eigenvalue weighted by atomic mass is 9.92. The van der Waals surface area contributed by atoms with Crippen molar-refractivity contribution >= 4 is 11.7 Å². The van der Waals surface area contributed by atoms with Crippen molar-refractivity contribution in [1.82, 2.24) is 24.4 Å². The number of aromatic nitrogens is 5. The first-order valence-corrected chi connectivity index (χ1v) is 7.41. The van der Waals surface area contributed by atoms with E-state index in [-0.39, 0.29) is 17.7 Å². The van der Waals surface area contributed by atoms with Gasteiger partial charge in [0, 0.05) is 5.41 Å². The van der Waals surface area contributed by atoms with Crippen LogP contribution in [0.2, 0.25) is 0 Å². The second-order valence-corrected chi connectivity index (χ2v) is 6.57. The Kier molecular flexibility index (Phi) is 3.67. The Morgan fingerprint density at radius 2 is 2.04 bits per heavy atom. The van der Waals surface area contributed by atoms with Crippen LogP contribution in [0.1, 0.15) is 42.4 Å². The monoisotopic (exact) mass is 327 g/mol. The number of nitrogens with zero attached hydrogens (tertiary/aromatic N) is 5. The average molecular weight is 327 g/mol. The van der Waals surface area contributed by atoms with Gasteiger partial charge in [-0.15, -0.1) is 10.2 Å². The molecule has 0 spiro atoms. The number of rotatable bonds is 3. The zero-order chi connectivity index (χ0) is 17.5.